The van der Waals surface area contributed by atoms with Gasteiger partial charge in [-0.1, -0.05) is 0 Å². The fourth-order valence-electron chi connectivity index (χ4n) is 1.63. The summed E-state index contributed by atoms with van der Waals surface area (Å²) in [6.07, 6.45) is -3.31. The number of alkyl halides is 3. The van der Waals surface area contributed by atoms with E-state index in [0.29, 0.717) is 12.8 Å². The zero-order valence-corrected chi connectivity index (χ0v) is 10.3. The Morgan fingerprint density at radius 2 is 1.88 bits per heavy atom. The molecule has 2 nitrogen and oxygen atoms in total. The Labute approximate surface area is 104 Å². The SMILES string of the molecule is Oc1c(Br)cc(C(F)(F)F)cc1CC1(O)CC1. The third-order valence-electron chi connectivity index (χ3n) is 2.82. The average Bonchev–Trinajstić information content (AvgIpc) is 2.89. The summed E-state index contributed by atoms with van der Waals surface area (Å²) in [5.74, 6) is -0.238. The van der Waals surface area contributed by atoms with Gasteiger partial charge in [-0.3, -0.25) is 0 Å². The number of phenolic OH excluding ortho intramolecular Hbond substituents is 1. The minimum Gasteiger partial charge on any atom is -0.506 e. The minimum atomic E-state index is -4.46. The van der Waals surface area contributed by atoms with Crippen LogP contribution >= 0.6 is 15.9 Å². The summed E-state index contributed by atoms with van der Waals surface area (Å²) in [7, 11) is 0. The van der Waals surface area contributed by atoms with Crippen LogP contribution in [0, 0.1) is 0 Å². The molecule has 0 aromatic heterocycles. The Morgan fingerprint density at radius 1 is 1.29 bits per heavy atom. The van der Waals surface area contributed by atoms with Crippen LogP contribution in [0.15, 0.2) is 16.6 Å². The van der Waals surface area contributed by atoms with Crippen LogP contribution in [0.2, 0.25) is 0 Å². The van der Waals surface area contributed by atoms with E-state index in [1.54, 1.807) is 0 Å². The molecule has 0 bridgehead atoms. The van der Waals surface area contributed by atoms with Gasteiger partial charge in [-0.15, -0.1) is 0 Å². The van der Waals surface area contributed by atoms with Crippen LogP contribution in [0.25, 0.3) is 0 Å². The van der Waals surface area contributed by atoms with Crippen molar-refractivity contribution in [3.8, 4) is 5.75 Å². The van der Waals surface area contributed by atoms with E-state index in [2.05, 4.69) is 15.9 Å². The third-order valence-corrected chi connectivity index (χ3v) is 3.42. The van der Waals surface area contributed by atoms with Gasteiger partial charge < -0.3 is 10.2 Å². The first-order chi connectivity index (χ1) is 7.71. The van der Waals surface area contributed by atoms with E-state index in [0.717, 1.165) is 12.1 Å². The quantitative estimate of drug-likeness (QED) is 0.880. The van der Waals surface area contributed by atoms with Gasteiger partial charge in [-0.05, 0) is 46.5 Å². The highest BCUT2D eigenvalue weighted by molar-refractivity contribution is 9.10. The number of hydrogen-bond acceptors (Lipinski definition) is 2. The molecule has 1 aliphatic carbocycles. The van der Waals surface area contributed by atoms with Gasteiger partial charge in [-0.2, -0.15) is 13.2 Å². The molecule has 0 unspecified atom stereocenters. The molecule has 1 aromatic rings. The maximum atomic E-state index is 12.6. The highest BCUT2D eigenvalue weighted by Crippen LogP contribution is 2.43. The van der Waals surface area contributed by atoms with E-state index in [1.807, 2.05) is 0 Å². The molecular weight excluding hydrogens is 301 g/mol. The summed E-state index contributed by atoms with van der Waals surface area (Å²) < 4.78 is 37.7. The molecule has 0 amide bonds. The lowest BCUT2D eigenvalue weighted by Gasteiger charge is -2.14. The second-order valence-corrected chi connectivity index (χ2v) is 5.22. The number of phenols is 1. The van der Waals surface area contributed by atoms with Gasteiger partial charge in [0.15, 0.2) is 0 Å². The molecule has 0 aliphatic heterocycles. The fraction of sp³-hybridized carbons (Fsp3) is 0.455. The first-order valence-electron chi connectivity index (χ1n) is 5.02. The first kappa shape index (κ1) is 12.7. The zero-order valence-electron chi connectivity index (χ0n) is 8.68. The van der Waals surface area contributed by atoms with Crippen molar-refractivity contribution in [2.45, 2.75) is 31.0 Å². The van der Waals surface area contributed by atoms with Crippen LogP contribution in [0.5, 0.6) is 5.75 Å². The lowest BCUT2D eigenvalue weighted by Crippen LogP contribution is -2.13. The van der Waals surface area contributed by atoms with Gasteiger partial charge in [0.1, 0.15) is 5.75 Å². The molecule has 1 saturated carbocycles. The van der Waals surface area contributed by atoms with Crippen molar-refractivity contribution in [3.63, 3.8) is 0 Å². The van der Waals surface area contributed by atoms with Crippen LogP contribution in [0.4, 0.5) is 13.2 Å². The predicted octanol–water partition coefficient (Wildman–Crippen LogP) is 3.24. The lowest BCUT2D eigenvalue weighted by atomic mass is 10.0. The van der Waals surface area contributed by atoms with Crippen LogP contribution in [0.1, 0.15) is 24.0 Å². The normalized spacial score (nSPS) is 18.2. The van der Waals surface area contributed by atoms with Gasteiger partial charge in [0.25, 0.3) is 0 Å². The molecule has 6 heteroatoms. The maximum Gasteiger partial charge on any atom is 0.416 e. The highest BCUT2D eigenvalue weighted by Gasteiger charge is 2.41. The molecule has 0 saturated heterocycles. The van der Waals surface area contributed by atoms with Crippen molar-refractivity contribution in [3.05, 3.63) is 27.7 Å². The lowest BCUT2D eigenvalue weighted by molar-refractivity contribution is -0.137. The van der Waals surface area contributed by atoms with Crippen LogP contribution in [-0.4, -0.2) is 15.8 Å². The minimum absolute atomic E-state index is 0.00780. The number of aliphatic hydroxyl groups is 1. The molecule has 0 spiro atoms. The van der Waals surface area contributed by atoms with Crippen LogP contribution in [-0.2, 0) is 12.6 Å². The summed E-state index contributed by atoms with van der Waals surface area (Å²) in [6, 6.07) is 1.71. The number of hydrogen-bond donors (Lipinski definition) is 2. The molecule has 2 N–H and O–H groups in total. The molecule has 1 fully saturated rings. The molecule has 2 rings (SSSR count). The largest absolute Gasteiger partial charge is 0.506 e. The predicted molar refractivity (Wildman–Crippen MR) is 58.7 cm³/mol. The first-order valence-corrected chi connectivity index (χ1v) is 5.82. The molecule has 1 aliphatic rings. The smallest absolute Gasteiger partial charge is 0.416 e. The summed E-state index contributed by atoms with van der Waals surface area (Å²) in [4.78, 5) is 0. The van der Waals surface area contributed by atoms with Crippen molar-refractivity contribution in [2.75, 3.05) is 0 Å². The van der Waals surface area contributed by atoms with E-state index in [4.69, 9.17) is 0 Å². The van der Waals surface area contributed by atoms with Crippen molar-refractivity contribution in [2.24, 2.45) is 0 Å². The summed E-state index contributed by atoms with van der Waals surface area (Å²) in [5, 5.41) is 19.3. The van der Waals surface area contributed by atoms with Gasteiger partial charge in [0.05, 0.1) is 15.6 Å². The van der Waals surface area contributed by atoms with E-state index in [1.165, 1.54) is 0 Å². The van der Waals surface area contributed by atoms with Gasteiger partial charge >= 0.3 is 6.18 Å². The van der Waals surface area contributed by atoms with E-state index in [9.17, 15) is 23.4 Å². The Bertz CT molecular complexity index is 453. The van der Waals surface area contributed by atoms with E-state index in [-0.39, 0.29) is 22.2 Å². The van der Waals surface area contributed by atoms with E-state index >= 15 is 0 Å². The summed E-state index contributed by atoms with van der Waals surface area (Å²) in [5.41, 5.74) is -1.66. The summed E-state index contributed by atoms with van der Waals surface area (Å²) >= 11 is 2.89. The Balaban J connectivity index is 2.39. The fourth-order valence-corrected chi connectivity index (χ4v) is 2.13. The van der Waals surface area contributed by atoms with Crippen molar-refractivity contribution in [1.82, 2.24) is 0 Å². The van der Waals surface area contributed by atoms with Crippen LogP contribution < -0.4 is 0 Å². The van der Waals surface area contributed by atoms with Gasteiger partial charge in [0.2, 0.25) is 0 Å². The number of benzene rings is 1. The molecular formula is C11H10BrF3O2. The summed E-state index contributed by atoms with van der Waals surface area (Å²) in [6.45, 7) is 0. The number of rotatable bonds is 2. The van der Waals surface area contributed by atoms with Crippen molar-refractivity contribution >= 4 is 15.9 Å². The molecule has 94 valence electrons. The topological polar surface area (TPSA) is 40.5 Å². The zero-order chi connectivity index (χ0) is 12.8. The van der Waals surface area contributed by atoms with E-state index < -0.39 is 17.3 Å². The molecule has 0 atom stereocenters. The van der Waals surface area contributed by atoms with Gasteiger partial charge in [0, 0.05) is 6.42 Å². The monoisotopic (exact) mass is 310 g/mol. The Morgan fingerprint density at radius 3 is 2.35 bits per heavy atom. The second kappa shape index (κ2) is 3.88. The van der Waals surface area contributed by atoms with Crippen molar-refractivity contribution in [1.29, 1.82) is 0 Å². The number of halogens is 4. The Kier molecular flexibility index (Phi) is 2.90. The van der Waals surface area contributed by atoms with Crippen LogP contribution in [0.3, 0.4) is 0 Å². The third kappa shape index (κ3) is 2.74. The maximum absolute atomic E-state index is 12.6. The Hall–Kier alpha value is -0.750. The number of aromatic hydroxyl groups is 1. The molecule has 0 radical (unpaired) electrons. The van der Waals surface area contributed by atoms with Crippen molar-refractivity contribution < 1.29 is 23.4 Å². The second-order valence-electron chi connectivity index (χ2n) is 4.36. The highest BCUT2D eigenvalue weighted by atomic mass is 79.9. The molecule has 17 heavy (non-hydrogen) atoms. The molecule has 0 heterocycles. The molecule has 1 aromatic carbocycles. The standard InChI is InChI=1S/C11H10BrF3O2/c12-8-4-7(11(13,14)15)3-6(9(8)16)5-10(17)1-2-10/h3-4,16-17H,1-2,5H2. The van der Waals surface area contributed by atoms with Gasteiger partial charge in [-0.25, -0.2) is 0 Å². The average molecular weight is 311 g/mol.